The van der Waals surface area contributed by atoms with Crippen LogP contribution in [0.15, 0.2) is 157 Å². The minimum absolute atomic E-state index is 0.00618. The third-order valence-electron chi connectivity index (χ3n) is 9.54. The lowest BCUT2D eigenvalue weighted by atomic mass is 10.1. The van der Waals surface area contributed by atoms with Crippen LogP contribution in [0.25, 0.3) is 27.6 Å². The molecular formula is C40H28N2OSi. The molecule has 4 heteroatoms. The molecule has 6 aromatic carbocycles. The van der Waals surface area contributed by atoms with Crippen molar-refractivity contribution in [3.8, 4) is 16.8 Å². The van der Waals surface area contributed by atoms with E-state index in [1.807, 2.05) is 42.6 Å². The summed E-state index contributed by atoms with van der Waals surface area (Å²) in [7, 11) is -2.59. The molecule has 2 aliphatic heterocycles. The Balaban J connectivity index is 1.32. The molecule has 0 amide bonds. The molecule has 0 bridgehead atoms. The fraction of sp³-hybridized carbons (Fsp3) is 0.0250. The monoisotopic (exact) mass is 580 g/mol. The van der Waals surface area contributed by atoms with E-state index in [2.05, 4.69) is 121 Å². The fourth-order valence-electron chi connectivity index (χ4n) is 7.76. The predicted molar refractivity (Wildman–Crippen MR) is 185 cm³/mol. The lowest BCUT2D eigenvalue weighted by molar-refractivity contribution is 0.996. The van der Waals surface area contributed by atoms with Crippen LogP contribution >= 0.6 is 0 Å². The molecule has 1 aromatic heterocycles. The van der Waals surface area contributed by atoms with Crippen molar-refractivity contribution in [3.05, 3.63) is 168 Å². The lowest BCUT2D eigenvalue weighted by Crippen LogP contribution is -2.75. The molecule has 0 saturated heterocycles. The highest BCUT2D eigenvalue weighted by atomic mass is 28.3. The van der Waals surface area contributed by atoms with E-state index in [1.54, 1.807) is 4.57 Å². The Hall–Kier alpha value is -5.45. The average Bonchev–Trinajstić information content (AvgIpc) is 3.38. The molecule has 0 N–H and O–H groups in total. The Labute approximate surface area is 256 Å². The highest BCUT2D eigenvalue weighted by Crippen LogP contribution is 2.41. The number of nitrogens with zero attached hydrogens (tertiary/aromatic N) is 2. The summed E-state index contributed by atoms with van der Waals surface area (Å²) < 4.78 is 1.76. The van der Waals surface area contributed by atoms with Gasteiger partial charge in [0.2, 0.25) is 0 Å². The number of hydrogen-bond donors (Lipinski definition) is 0. The molecule has 0 saturated carbocycles. The zero-order valence-corrected chi connectivity index (χ0v) is 25.2. The topological polar surface area (TPSA) is 25.2 Å². The summed E-state index contributed by atoms with van der Waals surface area (Å²) in [5.74, 6) is 0. The SMILES string of the molecule is Cc1cn(-c2ccccc2)c(=O)c2ccc(N3c4ccccc4[Si]4(c5ccccc5-c5ccccc54)c4ccccc43)cc12. The highest BCUT2D eigenvalue weighted by Gasteiger charge is 2.53. The van der Waals surface area contributed by atoms with Gasteiger partial charge in [0.25, 0.3) is 5.56 Å². The molecule has 0 aliphatic carbocycles. The molecular weight excluding hydrogens is 553 g/mol. The van der Waals surface area contributed by atoms with E-state index in [0.717, 1.165) is 27.7 Å². The third kappa shape index (κ3) is 3.23. The van der Waals surface area contributed by atoms with E-state index in [1.165, 1.54) is 43.2 Å². The van der Waals surface area contributed by atoms with Gasteiger partial charge in [-0.2, -0.15) is 0 Å². The van der Waals surface area contributed by atoms with Gasteiger partial charge in [0.15, 0.2) is 8.07 Å². The van der Waals surface area contributed by atoms with Crippen molar-refractivity contribution in [1.82, 2.24) is 4.57 Å². The first kappa shape index (κ1) is 25.1. The van der Waals surface area contributed by atoms with Crippen LogP contribution in [-0.4, -0.2) is 12.6 Å². The van der Waals surface area contributed by atoms with Gasteiger partial charge in [-0.05, 0) is 92.2 Å². The summed E-state index contributed by atoms with van der Waals surface area (Å²) in [6.07, 6.45) is 1.97. The van der Waals surface area contributed by atoms with E-state index < -0.39 is 8.07 Å². The fourth-order valence-corrected chi connectivity index (χ4v) is 13.3. The number of anilines is 3. The first-order valence-corrected chi connectivity index (χ1v) is 17.1. The number of aromatic nitrogens is 1. The molecule has 9 rings (SSSR count). The first-order valence-electron chi connectivity index (χ1n) is 15.1. The molecule has 2 aliphatic rings. The van der Waals surface area contributed by atoms with Gasteiger partial charge in [0.05, 0.1) is 0 Å². The van der Waals surface area contributed by atoms with Crippen molar-refractivity contribution in [1.29, 1.82) is 0 Å². The van der Waals surface area contributed by atoms with Crippen molar-refractivity contribution < 1.29 is 0 Å². The first-order chi connectivity index (χ1) is 21.7. The normalized spacial score (nSPS) is 13.8. The maximum atomic E-state index is 13.7. The van der Waals surface area contributed by atoms with Gasteiger partial charge in [-0.1, -0.05) is 103 Å². The molecule has 3 nitrogen and oxygen atoms in total. The maximum absolute atomic E-state index is 13.7. The Kier molecular flexibility index (Phi) is 5.29. The van der Waals surface area contributed by atoms with Gasteiger partial charge in [-0.15, -0.1) is 0 Å². The predicted octanol–water partition coefficient (Wildman–Crippen LogP) is 6.44. The van der Waals surface area contributed by atoms with Crippen molar-refractivity contribution in [2.45, 2.75) is 6.92 Å². The van der Waals surface area contributed by atoms with Crippen LogP contribution in [0.5, 0.6) is 0 Å². The average molecular weight is 581 g/mol. The Morgan fingerprint density at radius 3 is 1.64 bits per heavy atom. The van der Waals surface area contributed by atoms with Crippen molar-refractivity contribution in [3.63, 3.8) is 0 Å². The van der Waals surface area contributed by atoms with Gasteiger partial charge in [0, 0.05) is 34.3 Å². The summed E-state index contributed by atoms with van der Waals surface area (Å²) in [5.41, 5.74) is 8.10. The second-order valence-electron chi connectivity index (χ2n) is 11.8. The van der Waals surface area contributed by atoms with Crippen LogP contribution in [0.1, 0.15) is 5.56 Å². The van der Waals surface area contributed by atoms with Gasteiger partial charge in [0.1, 0.15) is 0 Å². The van der Waals surface area contributed by atoms with E-state index >= 15 is 0 Å². The number of hydrogen-bond acceptors (Lipinski definition) is 2. The summed E-state index contributed by atoms with van der Waals surface area (Å²) in [4.78, 5) is 16.1. The van der Waals surface area contributed by atoms with Crippen LogP contribution in [0.4, 0.5) is 17.1 Å². The number of benzene rings is 6. The van der Waals surface area contributed by atoms with E-state index in [9.17, 15) is 4.79 Å². The van der Waals surface area contributed by atoms with Crippen LogP contribution < -0.4 is 31.2 Å². The van der Waals surface area contributed by atoms with Crippen molar-refractivity contribution in [2.24, 2.45) is 0 Å². The zero-order valence-electron chi connectivity index (χ0n) is 24.2. The molecule has 0 fully saturated rings. The van der Waals surface area contributed by atoms with Crippen LogP contribution in [-0.2, 0) is 0 Å². The number of para-hydroxylation sites is 3. The number of rotatable bonds is 2. The Bertz CT molecular complexity index is 2240. The standard InChI is InChI=1S/C40H28N2OSi/c1-27-26-41(28-13-3-2-4-14-28)40(43)32-24-23-29(25-33(27)32)42-34-17-7-11-21-38(34)44(39-22-12-8-18-35(39)42)36-19-9-5-15-30(36)31-16-6-10-20-37(31)44/h2-26H,1H3. The molecule has 0 unspecified atom stereocenters. The second kappa shape index (κ2) is 9.27. The summed E-state index contributed by atoms with van der Waals surface area (Å²) in [5, 5.41) is 7.40. The largest absolute Gasteiger partial charge is 0.311 e. The Morgan fingerprint density at radius 2 is 1.02 bits per heavy atom. The van der Waals surface area contributed by atoms with Crippen LogP contribution in [0, 0.1) is 6.92 Å². The van der Waals surface area contributed by atoms with Gasteiger partial charge >= 0.3 is 0 Å². The minimum atomic E-state index is -2.59. The number of fused-ring (bicyclic) bond motifs is 10. The van der Waals surface area contributed by atoms with E-state index in [0.29, 0.717) is 0 Å². The highest BCUT2D eigenvalue weighted by molar-refractivity contribution is 7.23. The summed E-state index contributed by atoms with van der Waals surface area (Å²) in [6.45, 7) is 2.09. The van der Waals surface area contributed by atoms with Crippen LogP contribution in [0.3, 0.4) is 0 Å². The quantitative estimate of drug-likeness (QED) is 0.220. The summed E-state index contributed by atoms with van der Waals surface area (Å²) >= 11 is 0. The zero-order chi connectivity index (χ0) is 29.4. The van der Waals surface area contributed by atoms with Crippen molar-refractivity contribution in [2.75, 3.05) is 4.90 Å². The molecule has 3 heterocycles. The molecule has 7 aromatic rings. The third-order valence-corrected chi connectivity index (χ3v) is 14.5. The Morgan fingerprint density at radius 1 is 0.500 bits per heavy atom. The van der Waals surface area contributed by atoms with E-state index in [-0.39, 0.29) is 5.56 Å². The maximum Gasteiger partial charge on any atom is 0.262 e. The molecule has 44 heavy (non-hydrogen) atoms. The van der Waals surface area contributed by atoms with Crippen molar-refractivity contribution >= 4 is 56.7 Å². The van der Waals surface area contributed by atoms with Gasteiger partial charge < -0.3 is 4.90 Å². The molecule has 208 valence electrons. The van der Waals surface area contributed by atoms with E-state index in [4.69, 9.17) is 0 Å². The van der Waals surface area contributed by atoms with Gasteiger partial charge in [-0.3, -0.25) is 9.36 Å². The second-order valence-corrected chi connectivity index (χ2v) is 15.4. The lowest BCUT2D eigenvalue weighted by Gasteiger charge is -2.43. The summed E-state index contributed by atoms with van der Waals surface area (Å²) in [6, 6.07) is 52.2. The molecule has 0 atom stereocenters. The smallest absolute Gasteiger partial charge is 0.262 e. The minimum Gasteiger partial charge on any atom is -0.311 e. The molecule has 1 spiro atoms. The number of aryl methyl sites for hydroxylation is 1. The number of pyridine rings is 1. The molecule has 0 radical (unpaired) electrons. The van der Waals surface area contributed by atoms with Gasteiger partial charge in [-0.25, -0.2) is 0 Å². The van der Waals surface area contributed by atoms with Crippen LogP contribution in [0.2, 0.25) is 0 Å².